The minimum atomic E-state index is 0.547. The zero-order valence-corrected chi connectivity index (χ0v) is 7.97. The summed E-state index contributed by atoms with van der Waals surface area (Å²) >= 11 is 0. The van der Waals surface area contributed by atoms with Crippen LogP contribution in [-0.4, -0.2) is 6.04 Å². The molecule has 0 aromatic carbocycles. The van der Waals surface area contributed by atoms with E-state index in [4.69, 9.17) is 5.73 Å². The molecule has 0 aliphatic heterocycles. The maximum atomic E-state index is 6.06. The molecule has 0 aromatic rings. The Balaban J connectivity index is 1.77. The predicted molar refractivity (Wildman–Crippen MR) is 51.9 cm³/mol. The lowest BCUT2D eigenvalue weighted by Gasteiger charge is -2.19. The van der Waals surface area contributed by atoms with Crippen molar-refractivity contribution in [2.24, 2.45) is 17.6 Å². The first-order chi connectivity index (χ1) is 5.86. The van der Waals surface area contributed by atoms with Gasteiger partial charge in [-0.1, -0.05) is 32.1 Å². The Morgan fingerprint density at radius 1 is 0.917 bits per heavy atom. The van der Waals surface area contributed by atoms with Gasteiger partial charge in [-0.15, -0.1) is 0 Å². The molecule has 2 aliphatic rings. The van der Waals surface area contributed by atoms with Crippen LogP contribution in [0.25, 0.3) is 0 Å². The molecule has 0 spiro atoms. The molecule has 2 unspecified atom stereocenters. The van der Waals surface area contributed by atoms with Crippen LogP contribution in [0.4, 0.5) is 0 Å². The van der Waals surface area contributed by atoms with Gasteiger partial charge in [0.2, 0.25) is 0 Å². The van der Waals surface area contributed by atoms with Crippen LogP contribution in [0, 0.1) is 11.8 Å². The van der Waals surface area contributed by atoms with Gasteiger partial charge in [-0.25, -0.2) is 0 Å². The van der Waals surface area contributed by atoms with Gasteiger partial charge in [0.25, 0.3) is 0 Å². The molecule has 0 amide bonds. The Bertz CT molecular complexity index is 138. The molecule has 2 fully saturated rings. The Morgan fingerprint density at radius 2 is 1.67 bits per heavy atom. The lowest BCUT2D eigenvalue weighted by molar-refractivity contribution is 0.354. The maximum Gasteiger partial charge on any atom is 0.00672 e. The van der Waals surface area contributed by atoms with E-state index in [0.29, 0.717) is 6.04 Å². The molecular weight excluding hydrogens is 146 g/mol. The van der Waals surface area contributed by atoms with Gasteiger partial charge in [0.1, 0.15) is 0 Å². The van der Waals surface area contributed by atoms with Crippen molar-refractivity contribution in [1.82, 2.24) is 0 Å². The molecule has 1 heteroatoms. The molecule has 0 aromatic heterocycles. The van der Waals surface area contributed by atoms with Crippen molar-refractivity contribution in [3.63, 3.8) is 0 Å². The van der Waals surface area contributed by atoms with E-state index in [2.05, 4.69) is 0 Å². The topological polar surface area (TPSA) is 26.0 Å². The molecule has 0 saturated heterocycles. The molecule has 2 rings (SSSR count). The van der Waals surface area contributed by atoms with Crippen LogP contribution >= 0.6 is 0 Å². The normalized spacial score (nSPS) is 37.8. The van der Waals surface area contributed by atoms with Crippen molar-refractivity contribution >= 4 is 0 Å². The van der Waals surface area contributed by atoms with Crippen LogP contribution in [0.3, 0.4) is 0 Å². The van der Waals surface area contributed by atoms with E-state index >= 15 is 0 Å². The second kappa shape index (κ2) is 3.78. The highest BCUT2D eigenvalue weighted by Crippen LogP contribution is 2.36. The van der Waals surface area contributed by atoms with Gasteiger partial charge in [-0.2, -0.15) is 0 Å². The fraction of sp³-hybridized carbons (Fsp3) is 1.00. The molecule has 2 saturated carbocycles. The first-order valence-corrected chi connectivity index (χ1v) is 5.62. The summed E-state index contributed by atoms with van der Waals surface area (Å²) in [5.41, 5.74) is 6.06. The van der Waals surface area contributed by atoms with Crippen LogP contribution in [0.15, 0.2) is 0 Å². The van der Waals surface area contributed by atoms with Gasteiger partial charge in [0.05, 0.1) is 0 Å². The second-order valence-corrected chi connectivity index (χ2v) is 4.74. The SMILES string of the molecule is NC1CCCC1CC1CCCC1. The highest BCUT2D eigenvalue weighted by molar-refractivity contribution is 4.83. The quantitative estimate of drug-likeness (QED) is 0.672. The summed E-state index contributed by atoms with van der Waals surface area (Å²) in [7, 11) is 0. The van der Waals surface area contributed by atoms with Crippen LogP contribution in [0.2, 0.25) is 0 Å². The van der Waals surface area contributed by atoms with Crippen molar-refractivity contribution in [2.45, 2.75) is 57.4 Å². The monoisotopic (exact) mass is 167 g/mol. The summed E-state index contributed by atoms with van der Waals surface area (Å²) in [5.74, 6) is 1.92. The van der Waals surface area contributed by atoms with Gasteiger partial charge >= 0.3 is 0 Å². The highest BCUT2D eigenvalue weighted by Gasteiger charge is 2.27. The van der Waals surface area contributed by atoms with E-state index in [9.17, 15) is 0 Å². The fourth-order valence-electron chi connectivity index (χ4n) is 3.03. The van der Waals surface area contributed by atoms with Gasteiger partial charge < -0.3 is 5.73 Å². The summed E-state index contributed by atoms with van der Waals surface area (Å²) in [6.45, 7) is 0. The number of rotatable bonds is 2. The van der Waals surface area contributed by atoms with Crippen molar-refractivity contribution < 1.29 is 0 Å². The first-order valence-electron chi connectivity index (χ1n) is 5.62. The fourth-order valence-corrected chi connectivity index (χ4v) is 3.03. The summed E-state index contributed by atoms with van der Waals surface area (Å²) in [6, 6.07) is 0.547. The van der Waals surface area contributed by atoms with Crippen molar-refractivity contribution in [3.8, 4) is 0 Å². The number of nitrogens with two attached hydrogens (primary N) is 1. The second-order valence-electron chi connectivity index (χ2n) is 4.74. The summed E-state index contributed by atoms with van der Waals surface area (Å²) in [6.07, 6.45) is 11.5. The van der Waals surface area contributed by atoms with Gasteiger partial charge in [0, 0.05) is 6.04 Å². The zero-order valence-electron chi connectivity index (χ0n) is 7.97. The predicted octanol–water partition coefficient (Wildman–Crippen LogP) is 2.69. The summed E-state index contributed by atoms with van der Waals surface area (Å²) in [5, 5.41) is 0. The highest BCUT2D eigenvalue weighted by atomic mass is 14.7. The van der Waals surface area contributed by atoms with Crippen LogP contribution in [-0.2, 0) is 0 Å². The van der Waals surface area contributed by atoms with Gasteiger partial charge in [0.15, 0.2) is 0 Å². The van der Waals surface area contributed by atoms with E-state index in [-0.39, 0.29) is 0 Å². The first kappa shape index (κ1) is 8.55. The molecule has 0 radical (unpaired) electrons. The van der Waals surface area contributed by atoms with Crippen LogP contribution in [0.1, 0.15) is 51.4 Å². The standard InChI is InChI=1S/C11H21N/c12-11-7-3-6-10(11)8-9-4-1-2-5-9/h9-11H,1-8,12H2. The molecule has 12 heavy (non-hydrogen) atoms. The molecule has 70 valence electrons. The average Bonchev–Trinajstić information content (AvgIpc) is 2.65. The van der Waals surface area contributed by atoms with Crippen molar-refractivity contribution in [2.75, 3.05) is 0 Å². The molecule has 2 atom stereocenters. The van der Waals surface area contributed by atoms with E-state index in [1.54, 1.807) is 0 Å². The minimum absolute atomic E-state index is 0.547. The zero-order chi connectivity index (χ0) is 8.39. The number of hydrogen-bond donors (Lipinski definition) is 1. The van der Waals surface area contributed by atoms with Crippen molar-refractivity contribution in [3.05, 3.63) is 0 Å². The molecule has 2 N–H and O–H groups in total. The summed E-state index contributed by atoms with van der Waals surface area (Å²) in [4.78, 5) is 0. The average molecular weight is 167 g/mol. The summed E-state index contributed by atoms with van der Waals surface area (Å²) < 4.78 is 0. The third-order valence-electron chi connectivity index (χ3n) is 3.83. The van der Waals surface area contributed by atoms with E-state index < -0.39 is 0 Å². The third-order valence-corrected chi connectivity index (χ3v) is 3.83. The van der Waals surface area contributed by atoms with Crippen molar-refractivity contribution in [1.29, 1.82) is 0 Å². The Hall–Kier alpha value is -0.0400. The van der Waals surface area contributed by atoms with E-state index in [0.717, 1.165) is 11.8 Å². The Labute approximate surface area is 75.7 Å². The van der Waals surface area contributed by atoms with Crippen LogP contribution in [0.5, 0.6) is 0 Å². The molecular formula is C11H21N. The van der Waals surface area contributed by atoms with E-state index in [1.165, 1.54) is 51.4 Å². The minimum Gasteiger partial charge on any atom is -0.327 e. The lowest BCUT2D eigenvalue weighted by Crippen LogP contribution is -2.25. The number of hydrogen-bond acceptors (Lipinski definition) is 1. The molecule has 1 nitrogen and oxygen atoms in total. The molecule has 2 aliphatic carbocycles. The third kappa shape index (κ3) is 1.82. The smallest absolute Gasteiger partial charge is 0.00672 e. The molecule has 0 heterocycles. The van der Waals surface area contributed by atoms with E-state index in [1.807, 2.05) is 0 Å². The Morgan fingerprint density at radius 3 is 2.25 bits per heavy atom. The lowest BCUT2D eigenvalue weighted by atomic mass is 9.90. The maximum absolute atomic E-state index is 6.06. The Kier molecular flexibility index (Phi) is 2.69. The van der Waals surface area contributed by atoms with Crippen LogP contribution < -0.4 is 5.73 Å². The molecule has 0 bridgehead atoms. The largest absolute Gasteiger partial charge is 0.327 e. The van der Waals surface area contributed by atoms with Gasteiger partial charge in [-0.05, 0) is 31.1 Å². The van der Waals surface area contributed by atoms with Gasteiger partial charge in [-0.3, -0.25) is 0 Å².